The molecule has 126 valence electrons. The maximum Gasteiger partial charge on any atom is 0.222 e. The fourth-order valence-electron chi connectivity index (χ4n) is 3.18. The molecule has 2 aliphatic rings. The second-order valence-electron chi connectivity index (χ2n) is 6.79. The molecule has 1 saturated carbocycles. The van der Waals surface area contributed by atoms with Crippen molar-refractivity contribution in [1.29, 1.82) is 0 Å². The lowest BCUT2D eigenvalue weighted by Crippen LogP contribution is -2.54. The van der Waals surface area contributed by atoms with Crippen molar-refractivity contribution >= 4 is 11.8 Å². The van der Waals surface area contributed by atoms with E-state index in [1.54, 1.807) is 0 Å². The summed E-state index contributed by atoms with van der Waals surface area (Å²) in [5.41, 5.74) is 8.02. The van der Waals surface area contributed by atoms with Gasteiger partial charge in [-0.25, -0.2) is 4.98 Å². The lowest BCUT2D eigenvalue weighted by atomic mass is 9.80. The number of aliphatic hydroxyl groups is 1. The molecule has 0 spiro atoms. The van der Waals surface area contributed by atoms with Crippen LogP contribution in [0.4, 0.5) is 11.8 Å². The molecule has 1 saturated heterocycles. The normalized spacial score (nSPS) is 23.5. The molecule has 6 heteroatoms. The number of rotatable bonds is 4. The number of ether oxygens (including phenoxy) is 1. The summed E-state index contributed by atoms with van der Waals surface area (Å²) in [5.74, 6) is 2.34. The number of anilines is 2. The van der Waals surface area contributed by atoms with Crippen LogP contribution >= 0.6 is 0 Å². The zero-order valence-electron chi connectivity index (χ0n) is 13.7. The summed E-state index contributed by atoms with van der Waals surface area (Å²) < 4.78 is 5.96. The number of nitrogens with two attached hydrogens (primary N) is 1. The zero-order chi connectivity index (χ0) is 16.7. The summed E-state index contributed by atoms with van der Waals surface area (Å²) in [6, 6.07) is 10.1. The van der Waals surface area contributed by atoms with Crippen molar-refractivity contribution in [3.63, 3.8) is 0 Å². The fourth-order valence-corrected chi connectivity index (χ4v) is 3.18. The first-order valence-corrected chi connectivity index (χ1v) is 8.37. The number of aliphatic hydroxyl groups excluding tert-OH is 1. The van der Waals surface area contributed by atoms with Crippen LogP contribution in [-0.4, -0.2) is 40.4 Å². The van der Waals surface area contributed by atoms with E-state index in [1.165, 1.54) is 5.56 Å². The third kappa shape index (κ3) is 3.01. The molecule has 0 atom stereocenters. The van der Waals surface area contributed by atoms with E-state index in [0.717, 1.165) is 43.2 Å². The summed E-state index contributed by atoms with van der Waals surface area (Å²) in [4.78, 5) is 10.8. The molecule has 24 heavy (non-hydrogen) atoms. The third-order valence-electron chi connectivity index (χ3n) is 4.78. The van der Waals surface area contributed by atoms with Crippen LogP contribution in [0.15, 0.2) is 30.3 Å². The van der Waals surface area contributed by atoms with Crippen LogP contribution in [0.1, 0.15) is 30.0 Å². The van der Waals surface area contributed by atoms with E-state index in [-0.39, 0.29) is 12.2 Å². The highest BCUT2D eigenvalue weighted by molar-refractivity contribution is 5.47. The molecule has 1 aromatic carbocycles. The van der Waals surface area contributed by atoms with Gasteiger partial charge in [0.05, 0.1) is 24.9 Å². The maximum atomic E-state index is 9.48. The molecule has 4 rings (SSSR count). The predicted octanol–water partition coefficient (Wildman–Crippen LogP) is 1.87. The summed E-state index contributed by atoms with van der Waals surface area (Å²) >= 11 is 0. The molecular weight excluding hydrogens is 304 g/mol. The molecule has 1 aliphatic heterocycles. The zero-order valence-corrected chi connectivity index (χ0v) is 13.7. The average molecular weight is 326 g/mol. The van der Waals surface area contributed by atoms with Crippen molar-refractivity contribution in [3.05, 3.63) is 41.6 Å². The van der Waals surface area contributed by atoms with E-state index >= 15 is 0 Å². The molecule has 6 nitrogen and oxygen atoms in total. The van der Waals surface area contributed by atoms with E-state index in [2.05, 4.69) is 33.9 Å². The molecule has 0 bridgehead atoms. The first-order valence-electron chi connectivity index (χ1n) is 8.37. The van der Waals surface area contributed by atoms with Crippen molar-refractivity contribution < 1.29 is 9.84 Å². The quantitative estimate of drug-likeness (QED) is 0.892. The Morgan fingerprint density at radius 2 is 1.88 bits per heavy atom. The molecule has 0 radical (unpaired) electrons. The van der Waals surface area contributed by atoms with Crippen molar-refractivity contribution in [1.82, 2.24) is 9.97 Å². The Labute approximate surface area is 141 Å². The number of hydrogen-bond donors (Lipinski definition) is 2. The molecule has 0 unspecified atom stereocenters. The summed E-state index contributed by atoms with van der Waals surface area (Å²) in [5, 5.41) is 9.48. The van der Waals surface area contributed by atoms with Gasteiger partial charge in [-0.3, -0.25) is 0 Å². The number of aryl methyl sites for hydroxylation is 1. The van der Waals surface area contributed by atoms with Gasteiger partial charge in [0.15, 0.2) is 0 Å². The van der Waals surface area contributed by atoms with E-state index in [4.69, 9.17) is 10.5 Å². The van der Waals surface area contributed by atoms with Crippen LogP contribution in [-0.2, 0) is 0 Å². The minimum atomic E-state index is -0.203. The second-order valence-corrected chi connectivity index (χ2v) is 6.79. The lowest BCUT2D eigenvalue weighted by Gasteiger charge is -2.40. The van der Waals surface area contributed by atoms with Crippen LogP contribution in [0.3, 0.4) is 0 Å². The number of aromatic nitrogens is 2. The van der Waals surface area contributed by atoms with Gasteiger partial charge in [-0.05, 0) is 31.9 Å². The highest BCUT2D eigenvalue weighted by atomic mass is 16.5. The monoisotopic (exact) mass is 326 g/mol. The number of benzene rings is 1. The first kappa shape index (κ1) is 15.2. The molecular formula is C18H22N4O2. The highest BCUT2D eigenvalue weighted by Crippen LogP contribution is 2.37. The molecule has 1 aromatic heterocycles. The smallest absolute Gasteiger partial charge is 0.222 e. The Morgan fingerprint density at radius 3 is 2.54 bits per heavy atom. The van der Waals surface area contributed by atoms with E-state index in [1.807, 2.05) is 18.2 Å². The van der Waals surface area contributed by atoms with Crippen molar-refractivity contribution in [3.8, 4) is 5.75 Å². The fraction of sp³-hybridized carbons (Fsp3) is 0.444. The third-order valence-corrected chi connectivity index (χ3v) is 4.78. The standard InChI is InChI=1S/C18H22N4O2/c1-11-2-4-14(5-3-11)24-15-9-22(10-15)17-8-16(20-18(19)21-17)12-6-13(23)7-12/h2-5,8,12-13,15,23H,6-7,9-10H2,1H3,(H2,19,20,21). The SMILES string of the molecule is Cc1ccc(OC2CN(c3cc(C4CC(O)C4)nc(N)n3)C2)cc1. The average Bonchev–Trinajstić information content (AvgIpc) is 2.48. The Kier molecular flexibility index (Phi) is 3.76. The molecule has 3 N–H and O–H groups in total. The van der Waals surface area contributed by atoms with Crippen LogP contribution in [0.25, 0.3) is 0 Å². The van der Waals surface area contributed by atoms with E-state index < -0.39 is 0 Å². The topological polar surface area (TPSA) is 84.5 Å². The Hall–Kier alpha value is -2.34. The van der Waals surface area contributed by atoms with Gasteiger partial charge in [0.25, 0.3) is 0 Å². The van der Waals surface area contributed by atoms with Crippen molar-refractivity contribution in [2.45, 2.75) is 37.9 Å². The minimum Gasteiger partial charge on any atom is -0.487 e. The molecule has 2 aromatic rings. The van der Waals surface area contributed by atoms with Gasteiger partial charge in [0.1, 0.15) is 17.7 Å². The van der Waals surface area contributed by atoms with Gasteiger partial charge < -0.3 is 20.5 Å². The number of nitrogen functional groups attached to an aromatic ring is 1. The van der Waals surface area contributed by atoms with E-state index in [0.29, 0.717) is 11.9 Å². The molecule has 0 amide bonds. The Morgan fingerprint density at radius 1 is 1.17 bits per heavy atom. The van der Waals surface area contributed by atoms with Gasteiger partial charge in [-0.15, -0.1) is 0 Å². The highest BCUT2D eigenvalue weighted by Gasteiger charge is 2.33. The molecule has 2 heterocycles. The van der Waals surface area contributed by atoms with Gasteiger partial charge in [-0.2, -0.15) is 4.98 Å². The van der Waals surface area contributed by atoms with Gasteiger partial charge in [0, 0.05) is 12.0 Å². The van der Waals surface area contributed by atoms with Crippen molar-refractivity contribution in [2.24, 2.45) is 0 Å². The predicted molar refractivity (Wildman–Crippen MR) is 92.2 cm³/mol. The number of nitrogens with zero attached hydrogens (tertiary/aromatic N) is 3. The molecule has 2 fully saturated rings. The summed E-state index contributed by atoms with van der Waals surface area (Å²) in [6.45, 7) is 3.64. The van der Waals surface area contributed by atoms with Crippen LogP contribution in [0, 0.1) is 6.92 Å². The van der Waals surface area contributed by atoms with Gasteiger partial charge in [-0.1, -0.05) is 17.7 Å². The second kappa shape index (κ2) is 5.94. The lowest BCUT2D eigenvalue weighted by molar-refractivity contribution is 0.0732. The van der Waals surface area contributed by atoms with Crippen LogP contribution in [0.5, 0.6) is 5.75 Å². The van der Waals surface area contributed by atoms with E-state index in [9.17, 15) is 5.11 Å². The van der Waals surface area contributed by atoms with Crippen LogP contribution < -0.4 is 15.4 Å². The Balaban J connectivity index is 1.38. The Bertz CT molecular complexity index is 722. The van der Waals surface area contributed by atoms with Crippen molar-refractivity contribution in [2.75, 3.05) is 23.7 Å². The largest absolute Gasteiger partial charge is 0.487 e. The number of hydrogen-bond acceptors (Lipinski definition) is 6. The molecule has 1 aliphatic carbocycles. The summed E-state index contributed by atoms with van der Waals surface area (Å²) in [6.07, 6.45) is 1.48. The van der Waals surface area contributed by atoms with Gasteiger partial charge >= 0.3 is 0 Å². The first-order chi connectivity index (χ1) is 11.6. The summed E-state index contributed by atoms with van der Waals surface area (Å²) in [7, 11) is 0. The van der Waals surface area contributed by atoms with Crippen LogP contribution in [0.2, 0.25) is 0 Å². The minimum absolute atomic E-state index is 0.165. The van der Waals surface area contributed by atoms with Gasteiger partial charge in [0.2, 0.25) is 5.95 Å². The maximum absolute atomic E-state index is 9.48.